The van der Waals surface area contributed by atoms with Gasteiger partial charge in [-0.1, -0.05) is 30.3 Å². The van der Waals surface area contributed by atoms with Crippen LogP contribution in [0.3, 0.4) is 0 Å². The van der Waals surface area contributed by atoms with Crippen molar-refractivity contribution in [2.75, 3.05) is 46.2 Å². The molecule has 5 heteroatoms. The fourth-order valence-corrected chi connectivity index (χ4v) is 1.71. The summed E-state index contributed by atoms with van der Waals surface area (Å²) in [5, 5.41) is 10.2. The standard InChI is InChI=1S/C16H26O5/c1-3-18-9-10-19-11-12-20-13-14-21-16(2,17)15-7-5-4-6-8-15/h4-8,17H,3,9-14H2,1-2H3. The Balaban J connectivity index is 2.01. The van der Waals surface area contributed by atoms with Crippen molar-refractivity contribution >= 4 is 0 Å². The minimum Gasteiger partial charge on any atom is -0.379 e. The molecule has 0 aliphatic rings. The van der Waals surface area contributed by atoms with Gasteiger partial charge in [-0.15, -0.1) is 0 Å². The summed E-state index contributed by atoms with van der Waals surface area (Å²) in [6, 6.07) is 9.28. The van der Waals surface area contributed by atoms with Gasteiger partial charge < -0.3 is 24.1 Å². The Bertz CT molecular complexity index is 353. The van der Waals surface area contributed by atoms with E-state index in [1.807, 2.05) is 37.3 Å². The second-order valence-electron chi connectivity index (χ2n) is 4.62. The maximum absolute atomic E-state index is 10.2. The zero-order chi connectivity index (χ0) is 15.4. The third kappa shape index (κ3) is 8.14. The van der Waals surface area contributed by atoms with Crippen LogP contribution in [0.25, 0.3) is 0 Å². The van der Waals surface area contributed by atoms with Crippen molar-refractivity contribution in [3.8, 4) is 0 Å². The fourth-order valence-electron chi connectivity index (χ4n) is 1.71. The molecule has 0 spiro atoms. The summed E-state index contributed by atoms with van der Waals surface area (Å²) in [5.74, 6) is -1.29. The molecule has 0 amide bonds. The molecule has 21 heavy (non-hydrogen) atoms. The minimum absolute atomic E-state index is 0.320. The first kappa shape index (κ1) is 18.1. The number of ether oxygens (including phenoxy) is 4. The molecule has 1 aromatic rings. The van der Waals surface area contributed by atoms with E-state index in [1.54, 1.807) is 6.92 Å². The fraction of sp³-hybridized carbons (Fsp3) is 0.625. The highest BCUT2D eigenvalue weighted by atomic mass is 16.6. The Labute approximate surface area is 126 Å². The summed E-state index contributed by atoms with van der Waals surface area (Å²) in [6.45, 7) is 7.24. The molecule has 0 radical (unpaired) electrons. The van der Waals surface area contributed by atoms with Gasteiger partial charge in [0.2, 0.25) is 0 Å². The highest BCUT2D eigenvalue weighted by Crippen LogP contribution is 2.21. The van der Waals surface area contributed by atoms with E-state index >= 15 is 0 Å². The summed E-state index contributed by atoms with van der Waals surface area (Å²) in [4.78, 5) is 0. The van der Waals surface area contributed by atoms with Crippen LogP contribution in [0.2, 0.25) is 0 Å². The lowest BCUT2D eigenvalue weighted by molar-refractivity contribution is -0.205. The molecule has 1 rings (SSSR count). The first-order valence-corrected chi connectivity index (χ1v) is 7.32. The van der Waals surface area contributed by atoms with Crippen LogP contribution in [0.15, 0.2) is 30.3 Å². The molecule has 1 atom stereocenters. The predicted octanol–water partition coefficient (Wildman–Crippen LogP) is 1.94. The average molecular weight is 298 g/mol. The second-order valence-corrected chi connectivity index (χ2v) is 4.62. The van der Waals surface area contributed by atoms with Crippen molar-refractivity contribution in [3.05, 3.63) is 35.9 Å². The number of hydrogen-bond acceptors (Lipinski definition) is 5. The zero-order valence-electron chi connectivity index (χ0n) is 12.9. The van der Waals surface area contributed by atoms with Crippen LogP contribution in [0.5, 0.6) is 0 Å². The molecule has 1 N–H and O–H groups in total. The van der Waals surface area contributed by atoms with Gasteiger partial charge in [0, 0.05) is 12.2 Å². The van der Waals surface area contributed by atoms with Crippen LogP contribution in [0.1, 0.15) is 19.4 Å². The molecule has 0 saturated carbocycles. The third-order valence-corrected chi connectivity index (χ3v) is 2.87. The number of aliphatic hydroxyl groups is 1. The lowest BCUT2D eigenvalue weighted by Gasteiger charge is -2.24. The van der Waals surface area contributed by atoms with Gasteiger partial charge in [0.15, 0.2) is 5.79 Å². The van der Waals surface area contributed by atoms with Crippen LogP contribution >= 0.6 is 0 Å². The van der Waals surface area contributed by atoms with Gasteiger partial charge in [-0.25, -0.2) is 0 Å². The third-order valence-electron chi connectivity index (χ3n) is 2.87. The molecular weight excluding hydrogens is 272 g/mol. The van der Waals surface area contributed by atoms with Gasteiger partial charge in [0.1, 0.15) is 0 Å². The predicted molar refractivity (Wildman–Crippen MR) is 80.1 cm³/mol. The van der Waals surface area contributed by atoms with E-state index in [0.29, 0.717) is 46.2 Å². The Morgan fingerprint density at radius 1 is 0.857 bits per heavy atom. The SMILES string of the molecule is CCOCCOCCOCCOC(C)(O)c1ccccc1. The molecule has 0 heterocycles. The molecule has 0 aliphatic carbocycles. The highest BCUT2D eigenvalue weighted by molar-refractivity contribution is 5.18. The topological polar surface area (TPSA) is 57.2 Å². The van der Waals surface area contributed by atoms with Crippen LogP contribution in [0, 0.1) is 0 Å². The molecule has 0 bridgehead atoms. The summed E-state index contributed by atoms with van der Waals surface area (Å²) in [7, 11) is 0. The van der Waals surface area contributed by atoms with E-state index in [-0.39, 0.29) is 0 Å². The molecule has 5 nitrogen and oxygen atoms in total. The minimum atomic E-state index is -1.29. The normalized spacial score (nSPS) is 14.0. The van der Waals surface area contributed by atoms with E-state index in [1.165, 1.54) is 0 Å². The van der Waals surface area contributed by atoms with Crippen molar-refractivity contribution in [3.63, 3.8) is 0 Å². The molecular formula is C16H26O5. The van der Waals surface area contributed by atoms with E-state index < -0.39 is 5.79 Å². The molecule has 0 aromatic heterocycles. The van der Waals surface area contributed by atoms with Crippen LogP contribution < -0.4 is 0 Å². The lowest BCUT2D eigenvalue weighted by atomic mass is 10.1. The van der Waals surface area contributed by atoms with Crippen LogP contribution in [-0.4, -0.2) is 51.4 Å². The van der Waals surface area contributed by atoms with Crippen LogP contribution in [-0.2, 0) is 24.7 Å². The molecule has 0 fully saturated rings. The monoisotopic (exact) mass is 298 g/mol. The molecule has 1 unspecified atom stereocenters. The van der Waals surface area contributed by atoms with Crippen molar-refractivity contribution < 1.29 is 24.1 Å². The number of rotatable bonds is 12. The summed E-state index contributed by atoms with van der Waals surface area (Å²) < 4.78 is 21.3. The molecule has 0 saturated heterocycles. The summed E-state index contributed by atoms with van der Waals surface area (Å²) >= 11 is 0. The van der Waals surface area contributed by atoms with Crippen molar-refractivity contribution in [1.29, 1.82) is 0 Å². The first-order valence-electron chi connectivity index (χ1n) is 7.32. The lowest BCUT2D eigenvalue weighted by Crippen LogP contribution is -2.27. The molecule has 120 valence electrons. The summed E-state index contributed by atoms with van der Waals surface area (Å²) in [6.07, 6.45) is 0. The first-order chi connectivity index (χ1) is 10.2. The van der Waals surface area contributed by atoms with E-state index in [9.17, 15) is 5.11 Å². The van der Waals surface area contributed by atoms with Gasteiger partial charge in [-0.05, 0) is 13.8 Å². The second kappa shape index (κ2) is 10.7. The Kier molecular flexibility index (Phi) is 9.21. The van der Waals surface area contributed by atoms with Crippen molar-refractivity contribution in [1.82, 2.24) is 0 Å². The summed E-state index contributed by atoms with van der Waals surface area (Å²) in [5.41, 5.74) is 0.726. The Morgan fingerprint density at radius 3 is 1.95 bits per heavy atom. The van der Waals surface area contributed by atoms with Gasteiger partial charge in [-0.2, -0.15) is 0 Å². The van der Waals surface area contributed by atoms with E-state index in [2.05, 4.69) is 0 Å². The Hall–Kier alpha value is -0.980. The van der Waals surface area contributed by atoms with Gasteiger partial charge in [0.05, 0.1) is 39.6 Å². The zero-order valence-corrected chi connectivity index (χ0v) is 12.9. The maximum atomic E-state index is 10.2. The smallest absolute Gasteiger partial charge is 0.189 e. The molecule has 1 aromatic carbocycles. The quantitative estimate of drug-likeness (QED) is 0.472. The van der Waals surface area contributed by atoms with E-state index in [0.717, 1.165) is 5.56 Å². The van der Waals surface area contributed by atoms with Gasteiger partial charge >= 0.3 is 0 Å². The maximum Gasteiger partial charge on any atom is 0.189 e. The average Bonchev–Trinajstić information content (AvgIpc) is 2.50. The van der Waals surface area contributed by atoms with Crippen molar-refractivity contribution in [2.24, 2.45) is 0 Å². The largest absolute Gasteiger partial charge is 0.379 e. The number of benzene rings is 1. The van der Waals surface area contributed by atoms with E-state index in [4.69, 9.17) is 18.9 Å². The van der Waals surface area contributed by atoms with Crippen molar-refractivity contribution in [2.45, 2.75) is 19.6 Å². The van der Waals surface area contributed by atoms with Gasteiger partial charge in [0.25, 0.3) is 0 Å². The molecule has 0 aliphatic heterocycles. The van der Waals surface area contributed by atoms with Gasteiger partial charge in [-0.3, -0.25) is 0 Å². The highest BCUT2D eigenvalue weighted by Gasteiger charge is 2.22. The number of hydrogen-bond donors (Lipinski definition) is 1. The Morgan fingerprint density at radius 2 is 1.38 bits per heavy atom. The van der Waals surface area contributed by atoms with Crippen LogP contribution in [0.4, 0.5) is 0 Å².